The van der Waals surface area contributed by atoms with Gasteiger partial charge in [0.2, 0.25) is 0 Å². The summed E-state index contributed by atoms with van der Waals surface area (Å²) in [4.78, 5) is 18.4. The third kappa shape index (κ3) is 2.83. The number of aryl methyl sites for hydroxylation is 2. The van der Waals surface area contributed by atoms with Crippen molar-refractivity contribution in [1.29, 1.82) is 0 Å². The normalized spacial score (nSPS) is 14.9. The van der Waals surface area contributed by atoms with Crippen LogP contribution in [0.2, 0.25) is 0 Å². The van der Waals surface area contributed by atoms with E-state index >= 15 is 0 Å². The number of carboxylic acid groups (broad SMARTS) is 1. The number of pyridine rings is 1. The Balaban J connectivity index is 1.41. The predicted molar refractivity (Wildman–Crippen MR) is 125 cm³/mol. The molecule has 0 radical (unpaired) electrons. The van der Waals surface area contributed by atoms with Crippen molar-refractivity contribution < 1.29 is 9.90 Å². The largest absolute Gasteiger partial charge is 0.478 e. The number of fused-ring (bicyclic) bond motifs is 3. The number of carboxylic acids is 1. The van der Waals surface area contributed by atoms with Gasteiger partial charge in [-0.15, -0.1) is 0 Å². The zero-order valence-electron chi connectivity index (χ0n) is 17.7. The highest BCUT2D eigenvalue weighted by atomic mass is 16.4. The summed E-state index contributed by atoms with van der Waals surface area (Å²) in [6.07, 6.45) is 6.30. The number of hydrogen-bond acceptors (Lipinski definition) is 4. The van der Waals surface area contributed by atoms with Gasteiger partial charge in [-0.05, 0) is 65.9 Å². The quantitative estimate of drug-likeness (QED) is 0.511. The molecule has 0 amide bonds. The minimum absolute atomic E-state index is 0.313. The summed E-state index contributed by atoms with van der Waals surface area (Å²) in [5.41, 5.74) is 8.58. The summed E-state index contributed by atoms with van der Waals surface area (Å²) in [7, 11) is 1.96. The van der Waals surface area contributed by atoms with Crippen LogP contribution in [0.25, 0.3) is 22.6 Å². The number of aromatic carboxylic acids is 1. The van der Waals surface area contributed by atoms with Crippen LogP contribution in [0, 0.1) is 0 Å². The van der Waals surface area contributed by atoms with Crippen LogP contribution in [0.3, 0.4) is 0 Å². The molecule has 2 aliphatic rings. The maximum Gasteiger partial charge on any atom is 0.336 e. The monoisotopic (exact) mass is 422 g/mol. The molecular formula is C26H22N4O2. The highest BCUT2D eigenvalue weighted by Crippen LogP contribution is 2.38. The molecule has 3 heterocycles. The van der Waals surface area contributed by atoms with Gasteiger partial charge in [-0.1, -0.05) is 18.2 Å². The second-order valence-electron chi connectivity index (χ2n) is 8.43. The molecule has 2 aromatic carbocycles. The lowest BCUT2D eigenvalue weighted by Crippen LogP contribution is -2.24. The molecule has 0 fully saturated rings. The first-order chi connectivity index (χ1) is 15.6. The van der Waals surface area contributed by atoms with Crippen molar-refractivity contribution in [2.24, 2.45) is 7.05 Å². The average Bonchev–Trinajstić information content (AvgIpc) is 3.39. The van der Waals surface area contributed by atoms with Gasteiger partial charge in [-0.3, -0.25) is 9.67 Å². The van der Waals surface area contributed by atoms with Crippen LogP contribution in [-0.4, -0.2) is 32.4 Å². The summed E-state index contributed by atoms with van der Waals surface area (Å²) in [5, 5.41) is 15.4. The second kappa shape index (κ2) is 7.05. The first-order valence-electron chi connectivity index (χ1n) is 10.8. The Morgan fingerprint density at radius 2 is 2.00 bits per heavy atom. The molecule has 0 saturated heterocycles. The van der Waals surface area contributed by atoms with E-state index in [1.807, 2.05) is 17.8 Å². The molecule has 1 N–H and O–H groups in total. The van der Waals surface area contributed by atoms with Gasteiger partial charge in [-0.2, -0.15) is 5.10 Å². The van der Waals surface area contributed by atoms with E-state index in [0.29, 0.717) is 12.0 Å². The number of rotatable bonds is 3. The number of hydrogen-bond donors (Lipinski definition) is 1. The van der Waals surface area contributed by atoms with Gasteiger partial charge < -0.3 is 10.0 Å². The van der Waals surface area contributed by atoms with Crippen LogP contribution >= 0.6 is 0 Å². The lowest BCUT2D eigenvalue weighted by atomic mass is 10.00. The molecular weight excluding hydrogens is 400 g/mol. The Labute approximate surface area is 185 Å². The van der Waals surface area contributed by atoms with Crippen molar-refractivity contribution in [1.82, 2.24) is 14.8 Å². The molecule has 0 saturated carbocycles. The number of carbonyl (C=O) groups is 1. The first-order valence-corrected chi connectivity index (χ1v) is 10.8. The third-order valence-corrected chi connectivity index (χ3v) is 6.56. The van der Waals surface area contributed by atoms with Gasteiger partial charge in [-0.25, -0.2) is 4.79 Å². The molecule has 6 rings (SSSR count). The van der Waals surface area contributed by atoms with Crippen molar-refractivity contribution in [2.45, 2.75) is 19.3 Å². The Hall–Kier alpha value is -3.93. The summed E-state index contributed by atoms with van der Waals surface area (Å²) in [5.74, 6) is -0.921. The highest BCUT2D eigenvalue weighted by Gasteiger charge is 2.25. The number of allylic oxidation sites excluding steroid dienone is 1. The van der Waals surface area contributed by atoms with Gasteiger partial charge in [0, 0.05) is 43.0 Å². The minimum atomic E-state index is -0.921. The molecule has 4 aromatic rings. The summed E-state index contributed by atoms with van der Waals surface area (Å²) < 4.78 is 1.92. The fourth-order valence-electron chi connectivity index (χ4n) is 5.03. The highest BCUT2D eigenvalue weighted by molar-refractivity contribution is 6.01. The van der Waals surface area contributed by atoms with Gasteiger partial charge >= 0.3 is 5.97 Å². The molecule has 0 unspecified atom stereocenters. The van der Waals surface area contributed by atoms with E-state index in [4.69, 9.17) is 5.10 Å². The Kier molecular flexibility index (Phi) is 4.15. The van der Waals surface area contributed by atoms with Gasteiger partial charge in [0.05, 0.1) is 22.5 Å². The molecule has 2 aromatic heterocycles. The topological polar surface area (TPSA) is 71.2 Å². The predicted octanol–water partition coefficient (Wildman–Crippen LogP) is 4.85. The second-order valence-corrected chi connectivity index (χ2v) is 8.43. The van der Waals surface area contributed by atoms with E-state index in [0.717, 1.165) is 58.5 Å². The van der Waals surface area contributed by atoms with E-state index in [1.165, 1.54) is 11.3 Å². The van der Waals surface area contributed by atoms with E-state index in [2.05, 4.69) is 52.3 Å². The van der Waals surface area contributed by atoms with Crippen molar-refractivity contribution >= 4 is 39.9 Å². The van der Waals surface area contributed by atoms with E-state index in [-0.39, 0.29) is 0 Å². The zero-order valence-corrected chi connectivity index (χ0v) is 17.7. The molecule has 1 aliphatic heterocycles. The molecule has 158 valence electrons. The van der Waals surface area contributed by atoms with Crippen LogP contribution in [-0.2, 0) is 19.9 Å². The summed E-state index contributed by atoms with van der Waals surface area (Å²) >= 11 is 0. The third-order valence-electron chi connectivity index (χ3n) is 6.56. The van der Waals surface area contributed by atoms with Crippen LogP contribution < -0.4 is 4.90 Å². The Bertz CT molecular complexity index is 1430. The summed E-state index contributed by atoms with van der Waals surface area (Å²) in [6.45, 7) is 0.997. The van der Waals surface area contributed by atoms with Gasteiger partial charge in [0.15, 0.2) is 0 Å². The van der Waals surface area contributed by atoms with Crippen LogP contribution in [0.5, 0.6) is 0 Å². The first kappa shape index (κ1) is 18.8. The number of benzene rings is 2. The smallest absolute Gasteiger partial charge is 0.336 e. The number of nitrogens with zero attached hydrogens (tertiary/aromatic N) is 4. The maximum absolute atomic E-state index is 11.6. The molecule has 0 bridgehead atoms. The average molecular weight is 422 g/mol. The van der Waals surface area contributed by atoms with Crippen LogP contribution in [0.1, 0.15) is 39.3 Å². The Morgan fingerprint density at radius 1 is 1.12 bits per heavy atom. The molecule has 0 atom stereocenters. The lowest BCUT2D eigenvalue weighted by Gasteiger charge is -2.31. The van der Waals surface area contributed by atoms with Gasteiger partial charge in [0.1, 0.15) is 0 Å². The van der Waals surface area contributed by atoms with Crippen molar-refractivity contribution in [2.75, 3.05) is 11.4 Å². The number of para-hydroxylation sites is 1. The van der Waals surface area contributed by atoms with Crippen molar-refractivity contribution in [3.05, 3.63) is 82.8 Å². The van der Waals surface area contributed by atoms with E-state index in [1.54, 1.807) is 12.3 Å². The number of anilines is 2. The fraction of sp³-hybridized carbons (Fsp3) is 0.192. The number of aromatic nitrogens is 3. The summed E-state index contributed by atoms with van der Waals surface area (Å²) in [6, 6.07) is 16.7. The van der Waals surface area contributed by atoms with Gasteiger partial charge in [0.25, 0.3) is 0 Å². The zero-order chi connectivity index (χ0) is 21.8. The Morgan fingerprint density at radius 3 is 2.88 bits per heavy atom. The van der Waals surface area contributed by atoms with E-state index in [9.17, 15) is 9.90 Å². The maximum atomic E-state index is 11.6. The molecule has 0 spiro atoms. The van der Waals surface area contributed by atoms with Crippen molar-refractivity contribution in [3.8, 4) is 0 Å². The lowest BCUT2D eigenvalue weighted by molar-refractivity contribution is 0.0695. The molecule has 1 aliphatic carbocycles. The minimum Gasteiger partial charge on any atom is -0.478 e. The SMILES string of the molecule is Cn1nc(C2=Cc3nccc(C(=O)O)c3C2)c2ccc(N3CCCc4ccccc43)cc21. The van der Waals surface area contributed by atoms with E-state index < -0.39 is 5.97 Å². The fourth-order valence-corrected chi connectivity index (χ4v) is 5.03. The molecule has 6 heteroatoms. The van der Waals surface area contributed by atoms with Crippen LogP contribution in [0.15, 0.2) is 54.7 Å². The molecule has 6 nitrogen and oxygen atoms in total. The van der Waals surface area contributed by atoms with Crippen LogP contribution in [0.4, 0.5) is 11.4 Å². The van der Waals surface area contributed by atoms with Crippen molar-refractivity contribution in [3.63, 3.8) is 0 Å². The molecule has 32 heavy (non-hydrogen) atoms. The standard InChI is InChI=1S/C26H22N4O2/c1-29-24-15-18(30-12-4-6-16-5-2-3-7-23(16)30)8-9-20(24)25(28-29)17-13-21-19(26(31)32)10-11-27-22(21)14-17/h2-3,5,7-11,14-15H,4,6,12-13H2,1H3,(H,31,32).